The molecular weight excluding hydrogens is 406 g/mol. The zero-order valence-corrected chi connectivity index (χ0v) is 17.6. The van der Waals surface area contributed by atoms with Gasteiger partial charge in [0, 0.05) is 48.9 Å². The Labute approximate surface area is 178 Å². The fourth-order valence-corrected chi connectivity index (χ4v) is 3.37. The second-order valence-electron chi connectivity index (χ2n) is 6.51. The Kier molecular flexibility index (Phi) is 6.79. The normalized spacial score (nSPS) is 11.0. The van der Waals surface area contributed by atoms with Gasteiger partial charge in [-0.3, -0.25) is 4.79 Å². The number of nitrogens with one attached hydrogen (secondary N) is 3. The van der Waals surface area contributed by atoms with Crippen LogP contribution < -0.4 is 20.9 Å². The van der Waals surface area contributed by atoms with Gasteiger partial charge in [0.1, 0.15) is 17.3 Å². The number of allylic oxidation sites excluding steroid dienone is 1. The largest absolute Gasteiger partial charge is 0.384 e. The first-order valence-electron chi connectivity index (χ1n) is 9.20. The van der Waals surface area contributed by atoms with Crippen molar-refractivity contribution >= 4 is 34.7 Å². The van der Waals surface area contributed by atoms with Crippen molar-refractivity contribution in [2.45, 2.75) is 6.92 Å². The molecule has 8 heteroatoms. The van der Waals surface area contributed by atoms with Crippen molar-refractivity contribution in [3.8, 4) is 11.1 Å². The Morgan fingerprint density at radius 2 is 1.80 bits per heavy atom. The molecule has 0 radical (unpaired) electrons. The van der Waals surface area contributed by atoms with E-state index in [2.05, 4.69) is 15.4 Å². The molecule has 5 nitrogen and oxygen atoms in total. The molecule has 1 aromatic heterocycles. The minimum Gasteiger partial charge on any atom is -0.384 e. The Bertz CT molecular complexity index is 1140. The molecule has 0 spiro atoms. The van der Waals surface area contributed by atoms with Crippen molar-refractivity contribution in [2.24, 2.45) is 7.05 Å². The number of aromatic nitrogens is 1. The molecule has 0 atom stereocenters. The molecule has 156 valence electrons. The predicted molar refractivity (Wildman–Crippen MR) is 122 cm³/mol. The second kappa shape index (κ2) is 9.49. The van der Waals surface area contributed by atoms with E-state index in [0.717, 1.165) is 22.9 Å². The molecule has 3 N–H and O–H groups in total. The third-order valence-electron chi connectivity index (χ3n) is 4.36. The highest BCUT2D eigenvalue weighted by Gasteiger charge is 2.13. The molecular formula is C22H22F2N4OS. The van der Waals surface area contributed by atoms with Crippen LogP contribution in [-0.4, -0.2) is 11.6 Å². The average molecular weight is 429 g/mol. The van der Waals surface area contributed by atoms with Gasteiger partial charge in [-0.2, -0.15) is 0 Å². The van der Waals surface area contributed by atoms with E-state index in [-0.39, 0.29) is 11.2 Å². The van der Waals surface area contributed by atoms with Crippen LogP contribution in [0.3, 0.4) is 0 Å². The minimum absolute atomic E-state index is 0.153. The molecule has 0 bridgehead atoms. The van der Waals surface area contributed by atoms with Gasteiger partial charge in [0.15, 0.2) is 0 Å². The molecule has 30 heavy (non-hydrogen) atoms. The molecule has 0 unspecified atom stereocenters. The summed E-state index contributed by atoms with van der Waals surface area (Å²) in [5.74, 6) is -1.33. The highest BCUT2D eigenvalue weighted by molar-refractivity contribution is 8.03. The molecule has 2 aromatic carbocycles. The van der Waals surface area contributed by atoms with Gasteiger partial charge in [0.2, 0.25) is 0 Å². The summed E-state index contributed by atoms with van der Waals surface area (Å²) in [4.78, 5) is 12.3. The zero-order valence-electron chi connectivity index (χ0n) is 16.8. The Hall–Kier alpha value is -3.26. The maximum absolute atomic E-state index is 14.2. The van der Waals surface area contributed by atoms with E-state index in [1.165, 1.54) is 28.6 Å². The van der Waals surface area contributed by atoms with Crippen LogP contribution >= 0.6 is 11.9 Å². The van der Waals surface area contributed by atoms with Crippen LogP contribution in [0.4, 0.5) is 31.5 Å². The van der Waals surface area contributed by atoms with Crippen molar-refractivity contribution in [3.63, 3.8) is 0 Å². The number of nitrogens with zero attached hydrogens (tertiary/aromatic N) is 1. The molecule has 0 aliphatic carbocycles. The summed E-state index contributed by atoms with van der Waals surface area (Å²) in [7, 11) is 3.35. The fraction of sp³-hybridized carbons (Fsp3) is 0.136. The lowest BCUT2D eigenvalue weighted by Gasteiger charge is -2.16. The van der Waals surface area contributed by atoms with E-state index < -0.39 is 11.6 Å². The van der Waals surface area contributed by atoms with Crippen LogP contribution in [0.1, 0.15) is 6.92 Å². The summed E-state index contributed by atoms with van der Waals surface area (Å²) in [5, 5.41) is 7.85. The first-order valence-corrected chi connectivity index (χ1v) is 10.1. The number of halogens is 2. The SMILES string of the molecule is C/C=C/SNc1ccc(Nc2ccc(F)cc2F)c(-c2cc(NC)c(=O)n(C)c2)c1. The lowest BCUT2D eigenvalue weighted by Crippen LogP contribution is -2.19. The van der Waals surface area contributed by atoms with Gasteiger partial charge >= 0.3 is 0 Å². The third kappa shape index (κ3) is 4.83. The summed E-state index contributed by atoms with van der Waals surface area (Å²) < 4.78 is 32.2. The van der Waals surface area contributed by atoms with Gasteiger partial charge in [-0.1, -0.05) is 6.08 Å². The third-order valence-corrected chi connectivity index (χ3v) is 5.13. The summed E-state index contributed by atoms with van der Waals surface area (Å²) in [5.41, 5.74) is 3.39. The summed E-state index contributed by atoms with van der Waals surface area (Å²) in [6.07, 6.45) is 3.63. The van der Waals surface area contributed by atoms with Crippen molar-refractivity contribution in [3.05, 3.63) is 82.1 Å². The summed E-state index contributed by atoms with van der Waals surface area (Å²) in [6, 6.07) is 10.7. The van der Waals surface area contributed by atoms with E-state index in [4.69, 9.17) is 0 Å². The van der Waals surface area contributed by atoms with Crippen molar-refractivity contribution in [1.29, 1.82) is 0 Å². The molecule has 0 saturated carbocycles. The van der Waals surface area contributed by atoms with E-state index in [9.17, 15) is 13.6 Å². The molecule has 1 heterocycles. The van der Waals surface area contributed by atoms with E-state index >= 15 is 0 Å². The standard InChI is InChI=1S/C22H22F2N4OS/c1-4-9-30-27-16-6-8-19(26-20-7-5-15(23)11-18(20)24)17(12-16)14-10-21(25-2)22(29)28(3)13-14/h4-13,25-27H,1-3H3/b9-4+. The number of aryl methyl sites for hydroxylation is 1. The predicted octanol–water partition coefficient (Wildman–Crippen LogP) is 5.71. The summed E-state index contributed by atoms with van der Waals surface area (Å²) in [6.45, 7) is 1.92. The molecule has 0 amide bonds. The van der Waals surface area contributed by atoms with Crippen molar-refractivity contribution < 1.29 is 8.78 Å². The maximum Gasteiger partial charge on any atom is 0.273 e. The molecule has 3 aromatic rings. The smallest absolute Gasteiger partial charge is 0.273 e. The Morgan fingerprint density at radius 1 is 1.03 bits per heavy atom. The second-order valence-corrected chi connectivity index (χ2v) is 7.22. The van der Waals surface area contributed by atoms with E-state index in [0.29, 0.717) is 11.4 Å². The molecule has 0 aliphatic rings. The Morgan fingerprint density at radius 3 is 2.50 bits per heavy atom. The van der Waals surface area contributed by atoms with Gasteiger partial charge in [-0.05, 0) is 60.7 Å². The van der Waals surface area contributed by atoms with E-state index in [1.807, 2.05) is 30.5 Å². The zero-order chi connectivity index (χ0) is 21.7. The van der Waals surface area contributed by atoms with Gasteiger partial charge in [-0.25, -0.2) is 8.78 Å². The Balaban J connectivity index is 2.10. The van der Waals surface area contributed by atoms with Gasteiger partial charge in [-0.15, -0.1) is 0 Å². The lowest BCUT2D eigenvalue weighted by molar-refractivity contribution is 0.586. The van der Waals surface area contributed by atoms with Crippen LogP contribution in [0.25, 0.3) is 11.1 Å². The first-order chi connectivity index (χ1) is 14.4. The molecule has 0 fully saturated rings. The molecule has 3 rings (SSSR count). The maximum atomic E-state index is 14.2. The fourth-order valence-electron chi connectivity index (χ4n) is 2.90. The van der Waals surface area contributed by atoms with Crippen LogP contribution in [0.5, 0.6) is 0 Å². The minimum atomic E-state index is -0.692. The number of pyridine rings is 1. The van der Waals surface area contributed by atoms with Crippen LogP contribution in [0.2, 0.25) is 0 Å². The topological polar surface area (TPSA) is 58.1 Å². The monoisotopic (exact) mass is 428 g/mol. The molecule has 0 aliphatic heterocycles. The number of hydrogen-bond acceptors (Lipinski definition) is 5. The first kappa shape index (κ1) is 21.4. The van der Waals surface area contributed by atoms with Crippen LogP contribution in [-0.2, 0) is 7.05 Å². The highest BCUT2D eigenvalue weighted by Crippen LogP contribution is 2.34. The lowest BCUT2D eigenvalue weighted by atomic mass is 10.0. The number of benzene rings is 2. The van der Waals surface area contributed by atoms with Gasteiger partial charge < -0.3 is 19.9 Å². The quantitative estimate of drug-likeness (QED) is 0.421. The van der Waals surface area contributed by atoms with Crippen LogP contribution in [0, 0.1) is 11.6 Å². The number of hydrogen-bond donors (Lipinski definition) is 3. The van der Waals surface area contributed by atoms with Gasteiger partial charge in [0.05, 0.1) is 5.69 Å². The average Bonchev–Trinajstić information content (AvgIpc) is 2.73. The van der Waals surface area contributed by atoms with Crippen molar-refractivity contribution in [2.75, 3.05) is 22.4 Å². The number of anilines is 4. The number of rotatable bonds is 7. The highest BCUT2D eigenvalue weighted by atomic mass is 32.2. The van der Waals surface area contributed by atoms with Crippen molar-refractivity contribution in [1.82, 2.24) is 4.57 Å². The molecule has 0 saturated heterocycles. The van der Waals surface area contributed by atoms with Gasteiger partial charge in [0.25, 0.3) is 5.56 Å². The summed E-state index contributed by atoms with van der Waals surface area (Å²) >= 11 is 1.42. The van der Waals surface area contributed by atoms with Crippen LogP contribution in [0.15, 0.2) is 64.9 Å². The van der Waals surface area contributed by atoms with E-state index in [1.54, 1.807) is 32.4 Å².